The van der Waals surface area contributed by atoms with Gasteiger partial charge < -0.3 is 5.32 Å². The maximum Gasteiger partial charge on any atom is 0.252 e. The van der Waals surface area contributed by atoms with E-state index >= 15 is 0 Å². The molecular weight excluding hydrogens is 315 g/mol. The summed E-state index contributed by atoms with van der Waals surface area (Å²) >= 11 is 2.98. The van der Waals surface area contributed by atoms with Gasteiger partial charge in [0.2, 0.25) is 10.0 Å². The lowest BCUT2D eigenvalue weighted by Crippen LogP contribution is -2.24. The number of sulfonamides is 1. The highest BCUT2D eigenvalue weighted by Crippen LogP contribution is 2.23. The minimum Gasteiger partial charge on any atom is -0.352 e. The average molecular weight is 325 g/mol. The summed E-state index contributed by atoms with van der Waals surface area (Å²) in [6.45, 7) is 2.07. The van der Waals surface area contributed by atoms with E-state index in [2.05, 4.69) is 21.2 Å². The molecule has 0 spiro atoms. The zero-order valence-electron chi connectivity index (χ0n) is 8.83. The molecule has 3 N–H and O–H groups in total. The van der Waals surface area contributed by atoms with Gasteiger partial charge in [-0.1, -0.05) is 0 Å². The normalized spacial score (nSPS) is 11.3. The zero-order valence-corrected chi connectivity index (χ0v) is 11.2. The van der Waals surface area contributed by atoms with E-state index in [0.717, 1.165) is 12.1 Å². The van der Waals surface area contributed by atoms with Crippen molar-refractivity contribution in [1.82, 2.24) is 5.32 Å². The van der Waals surface area contributed by atoms with Crippen molar-refractivity contribution in [2.24, 2.45) is 5.14 Å². The van der Waals surface area contributed by atoms with Gasteiger partial charge in [0.15, 0.2) is 0 Å². The van der Waals surface area contributed by atoms with E-state index < -0.39 is 26.6 Å². The summed E-state index contributed by atoms with van der Waals surface area (Å²) in [5.41, 5.74) is 0.0114. The van der Waals surface area contributed by atoms with Crippen molar-refractivity contribution < 1.29 is 17.6 Å². The molecule has 0 fully saturated rings. The first-order chi connectivity index (χ1) is 7.77. The van der Waals surface area contributed by atoms with Crippen molar-refractivity contribution in [3.63, 3.8) is 0 Å². The number of rotatable bonds is 3. The number of benzene rings is 1. The lowest BCUT2D eigenvalue weighted by molar-refractivity contribution is 0.0955. The van der Waals surface area contributed by atoms with Crippen LogP contribution in [0.5, 0.6) is 0 Å². The summed E-state index contributed by atoms with van der Waals surface area (Å²) in [7, 11) is -4.20. The van der Waals surface area contributed by atoms with Crippen LogP contribution in [0.15, 0.2) is 21.5 Å². The highest BCUT2D eigenvalue weighted by atomic mass is 79.9. The Morgan fingerprint density at radius 3 is 2.59 bits per heavy atom. The molecule has 0 aliphatic rings. The van der Waals surface area contributed by atoms with Crippen LogP contribution < -0.4 is 10.5 Å². The molecule has 94 valence electrons. The van der Waals surface area contributed by atoms with Crippen LogP contribution in [0.25, 0.3) is 0 Å². The molecular formula is C9H10BrFN2O3S. The number of hydrogen-bond acceptors (Lipinski definition) is 3. The Labute approximate surface area is 106 Å². The fourth-order valence-corrected chi connectivity index (χ4v) is 2.29. The van der Waals surface area contributed by atoms with Crippen LogP contribution in [0, 0.1) is 5.82 Å². The molecule has 1 rings (SSSR count). The van der Waals surface area contributed by atoms with E-state index in [1.807, 2.05) is 0 Å². The van der Waals surface area contributed by atoms with Crippen molar-refractivity contribution in [2.75, 3.05) is 6.54 Å². The highest BCUT2D eigenvalue weighted by Gasteiger charge is 2.20. The second-order valence-electron chi connectivity index (χ2n) is 3.17. The average Bonchev–Trinajstić information content (AvgIpc) is 2.15. The number of hydrogen-bond donors (Lipinski definition) is 2. The van der Waals surface area contributed by atoms with Gasteiger partial charge in [0.25, 0.3) is 5.91 Å². The van der Waals surface area contributed by atoms with Gasteiger partial charge in [-0.05, 0) is 35.0 Å². The number of halogens is 2. The van der Waals surface area contributed by atoms with E-state index in [-0.39, 0.29) is 10.0 Å². The van der Waals surface area contributed by atoms with E-state index in [0.29, 0.717) is 6.54 Å². The molecule has 0 saturated heterocycles. The third-order valence-electron chi connectivity index (χ3n) is 1.91. The van der Waals surface area contributed by atoms with Gasteiger partial charge in [-0.3, -0.25) is 4.79 Å². The smallest absolute Gasteiger partial charge is 0.252 e. The van der Waals surface area contributed by atoms with Gasteiger partial charge in [0, 0.05) is 11.0 Å². The fourth-order valence-electron chi connectivity index (χ4n) is 1.18. The Morgan fingerprint density at radius 1 is 1.53 bits per heavy atom. The lowest BCUT2D eigenvalue weighted by Gasteiger charge is -2.07. The molecule has 1 aromatic carbocycles. The first-order valence-electron chi connectivity index (χ1n) is 4.57. The van der Waals surface area contributed by atoms with Gasteiger partial charge in [0.05, 0.1) is 5.56 Å². The van der Waals surface area contributed by atoms with Crippen LogP contribution in [0.3, 0.4) is 0 Å². The Kier molecular flexibility index (Phi) is 4.23. The molecule has 0 heterocycles. The third-order valence-corrected chi connectivity index (χ3v) is 3.49. The van der Waals surface area contributed by atoms with Gasteiger partial charge in [-0.15, -0.1) is 0 Å². The maximum absolute atomic E-state index is 13.4. The lowest BCUT2D eigenvalue weighted by atomic mass is 10.2. The molecule has 5 nitrogen and oxygen atoms in total. The summed E-state index contributed by atoms with van der Waals surface area (Å²) in [4.78, 5) is 10.9. The Balaban J connectivity index is 3.39. The quantitative estimate of drug-likeness (QED) is 0.868. The topological polar surface area (TPSA) is 89.3 Å². The number of carbonyl (C=O) groups is 1. The molecule has 17 heavy (non-hydrogen) atoms. The third kappa shape index (κ3) is 3.24. The SMILES string of the molecule is CCNC(=O)c1cc(S(N)(=O)=O)c(F)cc1Br. The van der Waals surface area contributed by atoms with Crippen molar-refractivity contribution >= 4 is 31.9 Å². The van der Waals surface area contributed by atoms with Gasteiger partial charge in [0.1, 0.15) is 10.7 Å². The molecule has 1 amide bonds. The molecule has 0 aliphatic carbocycles. The van der Waals surface area contributed by atoms with Crippen molar-refractivity contribution in [3.05, 3.63) is 28.0 Å². The van der Waals surface area contributed by atoms with E-state index in [9.17, 15) is 17.6 Å². The van der Waals surface area contributed by atoms with Crippen molar-refractivity contribution in [3.8, 4) is 0 Å². The molecule has 0 bridgehead atoms. The van der Waals surface area contributed by atoms with Crippen LogP contribution in [0.4, 0.5) is 4.39 Å². The molecule has 0 aromatic heterocycles. The maximum atomic E-state index is 13.4. The molecule has 0 atom stereocenters. The monoisotopic (exact) mass is 324 g/mol. The first-order valence-corrected chi connectivity index (χ1v) is 6.91. The van der Waals surface area contributed by atoms with Crippen LogP contribution in [0.1, 0.15) is 17.3 Å². The number of primary sulfonamides is 1. The predicted molar refractivity (Wildman–Crippen MR) is 63.5 cm³/mol. The predicted octanol–water partition coefficient (Wildman–Crippen LogP) is 0.985. The largest absolute Gasteiger partial charge is 0.352 e. The van der Waals surface area contributed by atoms with E-state index in [4.69, 9.17) is 5.14 Å². The van der Waals surface area contributed by atoms with Crippen LogP contribution in [-0.4, -0.2) is 20.9 Å². The summed E-state index contributed by atoms with van der Waals surface area (Å²) in [5, 5.41) is 7.31. The number of amides is 1. The Hall–Kier alpha value is -0.990. The second kappa shape index (κ2) is 5.11. The van der Waals surface area contributed by atoms with Crippen LogP contribution >= 0.6 is 15.9 Å². The minimum absolute atomic E-state index is 0.0114. The number of nitrogens with one attached hydrogen (secondary N) is 1. The summed E-state index contributed by atoms with van der Waals surface area (Å²) < 4.78 is 35.7. The molecule has 0 aliphatic heterocycles. The molecule has 0 unspecified atom stereocenters. The van der Waals surface area contributed by atoms with Crippen molar-refractivity contribution in [1.29, 1.82) is 0 Å². The highest BCUT2D eigenvalue weighted by molar-refractivity contribution is 9.10. The van der Waals surface area contributed by atoms with Crippen LogP contribution in [-0.2, 0) is 10.0 Å². The number of carbonyl (C=O) groups excluding carboxylic acids is 1. The Bertz CT molecular complexity index is 560. The second-order valence-corrected chi connectivity index (χ2v) is 5.55. The summed E-state index contributed by atoms with van der Waals surface area (Å²) in [5.74, 6) is -1.52. The van der Waals surface area contributed by atoms with Gasteiger partial charge >= 0.3 is 0 Å². The molecule has 0 radical (unpaired) electrons. The van der Waals surface area contributed by atoms with E-state index in [1.54, 1.807) is 6.92 Å². The summed E-state index contributed by atoms with van der Waals surface area (Å²) in [6.07, 6.45) is 0. The van der Waals surface area contributed by atoms with Gasteiger partial charge in [-0.25, -0.2) is 17.9 Å². The number of nitrogens with two attached hydrogens (primary N) is 1. The first kappa shape index (κ1) is 14.1. The molecule has 8 heteroatoms. The van der Waals surface area contributed by atoms with Crippen LogP contribution in [0.2, 0.25) is 0 Å². The molecule has 1 aromatic rings. The zero-order chi connectivity index (χ0) is 13.2. The summed E-state index contributed by atoms with van der Waals surface area (Å²) in [6, 6.07) is 1.80. The van der Waals surface area contributed by atoms with Crippen molar-refractivity contribution in [2.45, 2.75) is 11.8 Å². The standard InChI is InChI=1S/C9H10BrFN2O3S/c1-2-13-9(14)5-3-8(17(12,15)16)7(11)4-6(5)10/h3-4H,2H2,1H3,(H,13,14)(H2,12,15,16). The molecule has 0 saturated carbocycles. The van der Waals surface area contributed by atoms with Gasteiger partial charge in [-0.2, -0.15) is 0 Å². The minimum atomic E-state index is -4.20. The van der Waals surface area contributed by atoms with E-state index in [1.165, 1.54) is 0 Å². The Morgan fingerprint density at radius 2 is 2.12 bits per heavy atom. The fraction of sp³-hybridized carbons (Fsp3) is 0.222.